The van der Waals surface area contributed by atoms with Crippen LogP contribution in [0.1, 0.15) is 11.1 Å². The second-order valence-electron chi connectivity index (χ2n) is 6.67. The summed E-state index contributed by atoms with van der Waals surface area (Å²) < 4.78 is 49.3. The Morgan fingerprint density at radius 3 is 2.30 bits per heavy atom. The Kier molecular flexibility index (Phi) is 6.38. The summed E-state index contributed by atoms with van der Waals surface area (Å²) in [5.41, 5.74) is -0.199. The van der Waals surface area contributed by atoms with Crippen LogP contribution in [0.5, 0.6) is 11.5 Å². The average Bonchev–Trinajstić information content (AvgIpc) is 2.53. The first kappa shape index (κ1) is 21.1. The molecule has 2 aromatic carbocycles. The highest BCUT2D eigenvalue weighted by Gasteiger charge is 2.30. The van der Waals surface area contributed by atoms with E-state index in [9.17, 15) is 13.2 Å². The SMILES string of the molecule is C=C(N=Cc1cc(Cl)ccc1Oc1ccc(C(F)(F)F)cc1)O[Si](C)(C)C. The highest BCUT2D eigenvalue weighted by atomic mass is 35.5. The van der Waals surface area contributed by atoms with E-state index in [0.29, 0.717) is 16.3 Å². The van der Waals surface area contributed by atoms with Gasteiger partial charge in [-0.05, 0) is 68.7 Å². The molecule has 3 nitrogen and oxygen atoms in total. The number of hydrogen-bond acceptors (Lipinski definition) is 3. The van der Waals surface area contributed by atoms with Crippen LogP contribution in [0.25, 0.3) is 0 Å². The maximum absolute atomic E-state index is 12.7. The fourth-order valence-corrected chi connectivity index (χ4v) is 3.01. The highest BCUT2D eigenvalue weighted by molar-refractivity contribution is 6.70. The highest BCUT2D eigenvalue weighted by Crippen LogP contribution is 2.32. The van der Waals surface area contributed by atoms with Crippen molar-refractivity contribution < 1.29 is 22.3 Å². The van der Waals surface area contributed by atoms with Crippen molar-refractivity contribution in [2.75, 3.05) is 0 Å². The maximum Gasteiger partial charge on any atom is 0.416 e. The lowest BCUT2D eigenvalue weighted by Crippen LogP contribution is -2.24. The average molecular weight is 414 g/mol. The predicted molar refractivity (Wildman–Crippen MR) is 104 cm³/mol. The number of nitrogens with zero attached hydrogens (tertiary/aromatic N) is 1. The van der Waals surface area contributed by atoms with E-state index in [1.54, 1.807) is 18.2 Å². The summed E-state index contributed by atoms with van der Waals surface area (Å²) in [6, 6.07) is 9.30. The second kappa shape index (κ2) is 8.18. The van der Waals surface area contributed by atoms with Crippen molar-refractivity contribution in [3.8, 4) is 11.5 Å². The Balaban J connectivity index is 2.22. The van der Waals surface area contributed by atoms with Gasteiger partial charge in [-0.2, -0.15) is 13.2 Å². The third-order valence-corrected chi connectivity index (χ3v) is 4.24. The first-order valence-electron chi connectivity index (χ1n) is 8.01. The Bertz CT molecular complexity index is 844. The van der Waals surface area contributed by atoms with Gasteiger partial charge in [0.2, 0.25) is 8.32 Å². The summed E-state index contributed by atoms with van der Waals surface area (Å²) in [6.45, 7) is 9.78. The molecule has 0 amide bonds. The van der Waals surface area contributed by atoms with Crippen LogP contribution in [0.2, 0.25) is 24.7 Å². The van der Waals surface area contributed by atoms with E-state index in [1.165, 1.54) is 18.3 Å². The quantitative estimate of drug-likeness (QED) is 0.293. The standard InChI is InChI=1S/C19H19ClF3NO2Si/c1-13(26-27(2,3)4)24-12-14-11-16(20)7-10-18(14)25-17-8-5-15(6-9-17)19(21,22)23/h5-12H,1H2,2-4H3. The molecule has 0 atom stereocenters. The summed E-state index contributed by atoms with van der Waals surface area (Å²) in [5, 5.41) is 0.466. The molecule has 0 radical (unpaired) electrons. The summed E-state index contributed by atoms with van der Waals surface area (Å²) in [6.07, 6.45) is -2.90. The van der Waals surface area contributed by atoms with E-state index in [-0.39, 0.29) is 11.6 Å². The summed E-state index contributed by atoms with van der Waals surface area (Å²) in [4.78, 5) is 4.18. The summed E-state index contributed by atoms with van der Waals surface area (Å²) >= 11 is 6.02. The molecule has 0 aliphatic carbocycles. The van der Waals surface area contributed by atoms with Gasteiger partial charge in [0.05, 0.1) is 5.56 Å². The molecule has 0 fully saturated rings. The molecule has 0 aromatic heterocycles. The van der Waals surface area contributed by atoms with Gasteiger partial charge >= 0.3 is 6.18 Å². The normalized spacial score (nSPS) is 12.3. The van der Waals surface area contributed by atoms with Crippen LogP contribution < -0.4 is 4.74 Å². The maximum atomic E-state index is 12.7. The Hall–Kier alpha value is -2.25. The van der Waals surface area contributed by atoms with Crippen LogP contribution in [0.3, 0.4) is 0 Å². The van der Waals surface area contributed by atoms with Gasteiger partial charge in [0.25, 0.3) is 0 Å². The topological polar surface area (TPSA) is 30.8 Å². The molecule has 0 heterocycles. The molecular formula is C19H19ClF3NO2Si. The Morgan fingerprint density at radius 2 is 1.74 bits per heavy atom. The largest absolute Gasteiger partial charge is 0.532 e. The molecule has 0 spiro atoms. The monoisotopic (exact) mass is 413 g/mol. The molecule has 0 saturated heterocycles. The van der Waals surface area contributed by atoms with Crippen LogP contribution in [0, 0.1) is 0 Å². The zero-order valence-electron chi connectivity index (χ0n) is 15.1. The minimum absolute atomic E-state index is 0.261. The van der Waals surface area contributed by atoms with Gasteiger partial charge in [0.1, 0.15) is 11.5 Å². The van der Waals surface area contributed by atoms with Gasteiger partial charge in [-0.1, -0.05) is 11.6 Å². The van der Waals surface area contributed by atoms with Crippen LogP contribution in [0.4, 0.5) is 13.2 Å². The lowest BCUT2D eigenvalue weighted by Gasteiger charge is -2.18. The summed E-state index contributed by atoms with van der Waals surface area (Å²) in [5.74, 6) is 0.926. The molecule has 0 N–H and O–H groups in total. The van der Waals surface area contributed by atoms with Gasteiger partial charge in [0.15, 0.2) is 5.88 Å². The van der Waals surface area contributed by atoms with Gasteiger partial charge in [-0.3, -0.25) is 0 Å². The Morgan fingerprint density at radius 1 is 1.11 bits per heavy atom. The van der Waals surface area contributed by atoms with Crippen molar-refractivity contribution in [1.29, 1.82) is 0 Å². The van der Waals surface area contributed by atoms with E-state index in [1.807, 2.05) is 19.6 Å². The van der Waals surface area contributed by atoms with E-state index in [4.69, 9.17) is 20.8 Å². The molecule has 0 unspecified atom stereocenters. The molecule has 0 saturated carbocycles. The molecule has 144 valence electrons. The lowest BCUT2D eigenvalue weighted by atomic mass is 10.2. The van der Waals surface area contributed by atoms with Crippen molar-refractivity contribution in [3.05, 3.63) is 71.1 Å². The van der Waals surface area contributed by atoms with E-state index < -0.39 is 20.1 Å². The Labute approximate surface area is 162 Å². The van der Waals surface area contributed by atoms with Crippen molar-refractivity contribution in [2.24, 2.45) is 4.99 Å². The molecule has 0 bridgehead atoms. The van der Waals surface area contributed by atoms with Gasteiger partial charge in [-0.25, -0.2) is 4.99 Å². The molecule has 0 aliphatic rings. The van der Waals surface area contributed by atoms with Crippen molar-refractivity contribution in [3.63, 3.8) is 0 Å². The number of benzene rings is 2. The zero-order chi connectivity index (χ0) is 20.2. The smallest absolute Gasteiger partial charge is 0.416 e. The second-order valence-corrected chi connectivity index (χ2v) is 11.5. The molecular weight excluding hydrogens is 395 g/mol. The fourth-order valence-electron chi connectivity index (χ4n) is 2.07. The molecule has 8 heteroatoms. The minimum Gasteiger partial charge on any atom is -0.532 e. The van der Waals surface area contributed by atoms with Gasteiger partial charge in [0, 0.05) is 16.8 Å². The van der Waals surface area contributed by atoms with Crippen molar-refractivity contribution >= 4 is 26.1 Å². The molecule has 0 aliphatic heterocycles. The van der Waals surface area contributed by atoms with Crippen LogP contribution in [-0.4, -0.2) is 14.5 Å². The number of ether oxygens (including phenoxy) is 1. The van der Waals surface area contributed by atoms with Crippen LogP contribution in [-0.2, 0) is 10.6 Å². The van der Waals surface area contributed by atoms with Crippen LogP contribution >= 0.6 is 11.6 Å². The zero-order valence-corrected chi connectivity index (χ0v) is 16.9. The van der Waals surface area contributed by atoms with Gasteiger partial charge < -0.3 is 9.16 Å². The molecule has 2 rings (SSSR count). The number of halogens is 4. The number of aliphatic imine (C=N–C) groups is 1. The number of hydrogen-bond donors (Lipinski definition) is 0. The van der Waals surface area contributed by atoms with Crippen molar-refractivity contribution in [1.82, 2.24) is 0 Å². The first-order valence-corrected chi connectivity index (χ1v) is 11.8. The number of rotatable bonds is 6. The molecule has 2 aromatic rings. The van der Waals surface area contributed by atoms with Crippen molar-refractivity contribution in [2.45, 2.75) is 25.8 Å². The van der Waals surface area contributed by atoms with E-state index in [0.717, 1.165) is 12.1 Å². The lowest BCUT2D eigenvalue weighted by molar-refractivity contribution is -0.137. The van der Waals surface area contributed by atoms with Gasteiger partial charge in [-0.15, -0.1) is 0 Å². The molecule has 27 heavy (non-hydrogen) atoms. The third-order valence-electron chi connectivity index (χ3n) is 3.15. The predicted octanol–water partition coefficient (Wildman–Crippen LogP) is 6.89. The van der Waals surface area contributed by atoms with Crippen LogP contribution in [0.15, 0.2) is 59.9 Å². The fraction of sp³-hybridized carbons (Fsp3) is 0.211. The third kappa shape index (κ3) is 6.76. The number of alkyl halides is 3. The van der Waals surface area contributed by atoms with E-state index >= 15 is 0 Å². The minimum atomic E-state index is -4.40. The summed E-state index contributed by atoms with van der Waals surface area (Å²) in [7, 11) is -1.83. The first-order chi connectivity index (χ1) is 12.4. The van der Waals surface area contributed by atoms with E-state index in [2.05, 4.69) is 11.6 Å².